The minimum atomic E-state index is 0.646. The quantitative estimate of drug-likeness (QED) is 0.717. The first kappa shape index (κ1) is 14.1. The molecule has 23 heavy (non-hydrogen) atoms. The van der Waals surface area contributed by atoms with Crippen molar-refractivity contribution in [3.63, 3.8) is 0 Å². The van der Waals surface area contributed by atoms with Crippen LogP contribution < -0.4 is 5.32 Å². The molecular formula is C20H21N3. The highest BCUT2D eigenvalue weighted by Gasteiger charge is 2.21. The maximum atomic E-state index is 4.68. The predicted molar refractivity (Wildman–Crippen MR) is 97.3 cm³/mol. The Bertz CT molecular complexity index is 846. The van der Waals surface area contributed by atoms with E-state index in [9.17, 15) is 0 Å². The van der Waals surface area contributed by atoms with Crippen LogP contribution in [0.15, 0.2) is 59.6 Å². The van der Waals surface area contributed by atoms with E-state index in [4.69, 9.17) is 0 Å². The average Bonchev–Trinajstić information content (AvgIpc) is 2.90. The summed E-state index contributed by atoms with van der Waals surface area (Å²) in [5, 5.41) is 4.87. The first-order valence-corrected chi connectivity index (χ1v) is 8.22. The number of para-hydroxylation sites is 1. The first-order valence-electron chi connectivity index (χ1n) is 8.22. The van der Waals surface area contributed by atoms with E-state index in [1.807, 2.05) is 12.3 Å². The molecule has 0 fully saturated rings. The van der Waals surface area contributed by atoms with E-state index >= 15 is 0 Å². The number of nitrogens with zero attached hydrogens (tertiary/aromatic N) is 2. The van der Waals surface area contributed by atoms with Crippen LogP contribution in [0, 0.1) is 5.92 Å². The highest BCUT2D eigenvalue weighted by molar-refractivity contribution is 6.05. The summed E-state index contributed by atoms with van der Waals surface area (Å²) in [5.41, 5.74) is 3.74. The van der Waals surface area contributed by atoms with Gasteiger partial charge in [0.25, 0.3) is 0 Å². The lowest BCUT2D eigenvalue weighted by Gasteiger charge is -2.24. The Labute approximate surface area is 136 Å². The van der Waals surface area contributed by atoms with Gasteiger partial charge in [0.05, 0.1) is 12.1 Å². The Balaban J connectivity index is 1.72. The third kappa shape index (κ3) is 2.63. The number of rotatable bonds is 3. The molecule has 0 saturated carbocycles. The van der Waals surface area contributed by atoms with Crippen molar-refractivity contribution in [3.05, 3.63) is 65.7 Å². The third-order valence-electron chi connectivity index (χ3n) is 4.46. The van der Waals surface area contributed by atoms with Crippen LogP contribution in [-0.4, -0.2) is 17.3 Å². The van der Waals surface area contributed by atoms with Crippen molar-refractivity contribution < 1.29 is 0 Å². The zero-order chi connectivity index (χ0) is 15.6. The molecule has 116 valence electrons. The average molecular weight is 303 g/mol. The van der Waals surface area contributed by atoms with Crippen molar-refractivity contribution in [2.24, 2.45) is 10.9 Å². The Morgan fingerprint density at radius 2 is 1.91 bits per heavy atom. The number of nitrogens with one attached hydrogen (secondary N) is 1. The highest BCUT2D eigenvalue weighted by Crippen LogP contribution is 2.32. The van der Waals surface area contributed by atoms with Crippen LogP contribution in [0.4, 0.5) is 5.82 Å². The Morgan fingerprint density at radius 3 is 2.78 bits per heavy atom. The smallest absolute Gasteiger partial charge is 0.116 e. The molecule has 3 heteroatoms. The van der Waals surface area contributed by atoms with Crippen molar-refractivity contribution in [2.45, 2.75) is 20.0 Å². The van der Waals surface area contributed by atoms with Gasteiger partial charge in [0.1, 0.15) is 5.82 Å². The summed E-state index contributed by atoms with van der Waals surface area (Å²) in [6.45, 7) is 5.09. The van der Waals surface area contributed by atoms with E-state index in [0.29, 0.717) is 5.92 Å². The highest BCUT2D eigenvalue weighted by atomic mass is 15.1. The minimum absolute atomic E-state index is 0.646. The Kier molecular flexibility index (Phi) is 3.62. The van der Waals surface area contributed by atoms with E-state index in [2.05, 4.69) is 70.3 Å². The number of benzene rings is 2. The summed E-state index contributed by atoms with van der Waals surface area (Å²) in [7, 11) is 0. The maximum absolute atomic E-state index is 4.68. The Hall–Kier alpha value is -2.55. The van der Waals surface area contributed by atoms with Crippen LogP contribution >= 0.6 is 0 Å². The van der Waals surface area contributed by atoms with Crippen LogP contribution in [0.1, 0.15) is 18.1 Å². The standard InChI is InChI=1S/C20H21N3/c1-15-11-22-20-18(13-21-12-16-7-3-2-4-8-16)17-9-5-6-10-19(17)23(20)14-15/h2-10,13,15,22H,11-12,14H2,1H3/t15-/m1/s1. The molecule has 4 rings (SSSR count). The van der Waals surface area contributed by atoms with Crippen molar-refractivity contribution >= 4 is 22.9 Å². The zero-order valence-corrected chi connectivity index (χ0v) is 13.4. The van der Waals surface area contributed by atoms with Crippen LogP contribution in [0.5, 0.6) is 0 Å². The van der Waals surface area contributed by atoms with Crippen LogP contribution in [-0.2, 0) is 13.1 Å². The molecule has 1 aromatic heterocycles. The Morgan fingerprint density at radius 1 is 1.13 bits per heavy atom. The maximum Gasteiger partial charge on any atom is 0.116 e. The fourth-order valence-electron chi connectivity index (χ4n) is 3.31. The lowest BCUT2D eigenvalue weighted by Crippen LogP contribution is -2.25. The number of aliphatic imine (C=N–C) groups is 1. The van der Waals surface area contributed by atoms with E-state index in [0.717, 1.165) is 19.6 Å². The number of hydrogen-bond donors (Lipinski definition) is 1. The first-order chi connectivity index (χ1) is 11.3. The van der Waals surface area contributed by atoms with Crippen LogP contribution in [0.25, 0.3) is 10.9 Å². The summed E-state index contributed by atoms with van der Waals surface area (Å²) < 4.78 is 2.40. The van der Waals surface area contributed by atoms with Crippen LogP contribution in [0.3, 0.4) is 0 Å². The van der Waals surface area contributed by atoms with Gasteiger partial charge in [-0.1, -0.05) is 55.5 Å². The molecular weight excluding hydrogens is 282 g/mol. The van der Waals surface area contributed by atoms with Crippen molar-refractivity contribution in [2.75, 3.05) is 11.9 Å². The SMILES string of the molecule is C[C@@H]1CNc2c(C=NCc3ccccc3)c3ccccc3n2C1. The van der Waals surface area contributed by atoms with Crippen molar-refractivity contribution in [3.8, 4) is 0 Å². The molecule has 0 saturated heterocycles. The van der Waals surface area contributed by atoms with E-state index < -0.39 is 0 Å². The third-order valence-corrected chi connectivity index (χ3v) is 4.46. The molecule has 1 N–H and O–H groups in total. The molecule has 1 aliphatic rings. The second kappa shape index (κ2) is 5.92. The molecule has 1 aliphatic heterocycles. The fraction of sp³-hybridized carbons (Fsp3) is 0.250. The molecule has 3 aromatic rings. The molecule has 2 aromatic carbocycles. The van der Waals surface area contributed by atoms with Gasteiger partial charge in [-0.3, -0.25) is 4.99 Å². The molecule has 0 unspecified atom stereocenters. The summed E-state index contributed by atoms with van der Waals surface area (Å²) in [5.74, 6) is 1.86. The van der Waals surface area contributed by atoms with Gasteiger partial charge in [0, 0.05) is 30.3 Å². The lowest BCUT2D eigenvalue weighted by atomic mass is 10.1. The number of fused-ring (bicyclic) bond motifs is 3. The van der Waals surface area contributed by atoms with Gasteiger partial charge in [-0.25, -0.2) is 0 Å². The van der Waals surface area contributed by atoms with Gasteiger partial charge < -0.3 is 9.88 Å². The number of hydrogen-bond acceptors (Lipinski definition) is 2. The summed E-state index contributed by atoms with van der Waals surface area (Å²) >= 11 is 0. The van der Waals surface area contributed by atoms with Gasteiger partial charge in [-0.2, -0.15) is 0 Å². The summed E-state index contributed by atoms with van der Waals surface area (Å²) in [4.78, 5) is 4.68. The molecule has 0 radical (unpaired) electrons. The van der Waals surface area contributed by atoms with Gasteiger partial charge in [0.15, 0.2) is 0 Å². The van der Waals surface area contributed by atoms with E-state index in [1.54, 1.807) is 0 Å². The minimum Gasteiger partial charge on any atom is -0.371 e. The predicted octanol–water partition coefficient (Wildman–Crippen LogP) is 4.32. The summed E-state index contributed by atoms with van der Waals surface area (Å²) in [6.07, 6.45) is 2.03. The summed E-state index contributed by atoms with van der Waals surface area (Å²) in [6, 6.07) is 19.0. The molecule has 2 heterocycles. The monoisotopic (exact) mass is 303 g/mol. The van der Waals surface area contributed by atoms with Crippen LogP contribution in [0.2, 0.25) is 0 Å². The largest absolute Gasteiger partial charge is 0.371 e. The number of anilines is 1. The lowest BCUT2D eigenvalue weighted by molar-refractivity contribution is 0.489. The van der Waals surface area contributed by atoms with Gasteiger partial charge in [0.2, 0.25) is 0 Å². The topological polar surface area (TPSA) is 29.3 Å². The second-order valence-corrected chi connectivity index (χ2v) is 6.33. The van der Waals surface area contributed by atoms with Gasteiger partial charge in [-0.05, 0) is 17.5 Å². The second-order valence-electron chi connectivity index (χ2n) is 6.33. The normalized spacial score (nSPS) is 17.3. The van der Waals surface area contributed by atoms with Gasteiger partial charge >= 0.3 is 0 Å². The van der Waals surface area contributed by atoms with E-state index in [-0.39, 0.29) is 0 Å². The molecule has 3 nitrogen and oxygen atoms in total. The molecule has 0 spiro atoms. The van der Waals surface area contributed by atoms with Crippen molar-refractivity contribution in [1.29, 1.82) is 0 Å². The van der Waals surface area contributed by atoms with Crippen molar-refractivity contribution in [1.82, 2.24) is 4.57 Å². The molecule has 0 aliphatic carbocycles. The zero-order valence-electron chi connectivity index (χ0n) is 13.4. The van der Waals surface area contributed by atoms with Gasteiger partial charge in [-0.15, -0.1) is 0 Å². The number of aromatic nitrogens is 1. The molecule has 0 bridgehead atoms. The van der Waals surface area contributed by atoms with E-state index in [1.165, 1.54) is 27.8 Å². The molecule has 1 atom stereocenters. The fourth-order valence-corrected chi connectivity index (χ4v) is 3.31. The molecule has 0 amide bonds.